The molecule has 0 spiro atoms. The van der Waals surface area contributed by atoms with Crippen LogP contribution in [0.25, 0.3) is 0 Å². The topological polar surface area (TPSA) is 88.2 Å². The van der Waals surface area contributed by atoms with Gasteiger partial charge >= 0.3 is 0 Å². The summed E-state index contributed by atoms with van der Waals surface area (Å²) in [4.78, 5) is 21.0. The summed E-state index contributed by atoms with van der Waals surface area (Å²) in [5.74, 6) is 2.11. The standard InChI is InChI=1S/C23H27N5O2/c1-4-24-23-25-16(2)15-21(28-23)26-18-8-10-19(11-9-18)27-22(29)14-7-17-5-12-20(30-3)13-6-17/h5-6,8-13,15H,4,7,14H2,1-3H3,(H,27,29)(H2,24,25,26,28). The van der Waals surface area contributed by atoms with Crippen molar-refractivity contribution in [3.8, 4) is 5.75 Å². The number of rotatable bonds is 9. The maximum atomic E-state index is 12.2. The Balaban J connectivity index is 1.53. The van der Waals surface area contributed by atoms with Crippen LogP contribution in [0, 0.1) is 6.92 Å². The Morgan fingerprint density at radius 3 is 2.37 bits per heavy atom. The van der Waals surface area contributed by atoms with E-state index in [0.29, 0.717) is 18.8 Å². The summed E-state index contributed by atoms with van der Waals surface area (Å²) in [6.07, 6.45) is 1.09. The Morgan fingerprint density at radius 1 is 1.00 bits per heavy atom. The first-order valence-corrected chi connectivity index (χ1v) is 9.95. The molecule has 2 aromatic carbocycles. The van der Waals surface area contributed by atoms with Crippen LogP contribution < -0.4 is 20.7 Å². The number of hydrogen-bond acceptors (Lipinski definition) is 6. The Labute approximate surface area is 176 Å². The normalized spacial score (nSPS) is 10.4. The molecule has 0 aliphatic heterocycles. The van der Waals surface area contributed by atoms with Crippen molar-refractivity contribution in [2.24, 2.45) is 0 Å². The van der Waals surface area contributed by atoms with E-state index in [1.54, 1.807) is 7.11 Å². The van der Waals surface area contributed by atoms with Gasteiger partial charge in [0.1, 0.15) is 11.6 Å². The molecule has 7 nitrogen and oxygen atoms in total. The van der Waals surface area contributed by atoms with Gasteiger partial charge in [0.25, 0.3) is 0 Å². The number of ether oxygens (including phenoxy) is 1. The van der Waals surface area contributed by atoms with Crippen LogP contribution in [0.3, 0.4) is 0 Å². The van der Waals surface area contributed by atoms with E-state index in [0.717, 1.165) is 40.7 Å². The zero-order valence-corrected chi connectivity index (χ0v) is 17.5. The molecule has 0 atom stereocenters. The number of aromatic nitrogens is 2. The van der Waals surface area contributed by atoms with Gasteiger partial charge in [0.05, 0.1) is 7.11 Å². The van der Waals surface area contributed by atoms with Gasteiger partial charge in [0, 0.05) is 36.1 Å². The summed E-state index contributed by atoms with van der Waals surface area (Å²) in [6.45, 7) is 4.69. The zero-order chi connectivity index (χ0) is 21.3. The number of aryl methyl sites for hydroxylation is 2. The molecule has 30 heavy (non-hydrogen) atoms. The summed E-state index contributed by atoms with van der Waals surface area (Å²) < 4.78 is 5.15. The van der Waals surface area contributed by atoms with Crippen molar-refractivity contribution in [3.63, 3.8) is 0 Å². The van der Waals surface area contributed by atoms with E-state index in [4.69, 9.17) is 4.74 Å². The number of nitrogens with zero attached hydrogens (tertiary/aromatic N) is 2. The van der Waals surface area contributed by atoms with Gasteiger partial charge in [-0.05, 0) is 62.2 Å². The molecule has 0 unspecified atom stereocenters. The molecule has 7 heteroatoms. The molecule has 1 aromatic heterocycles. The number of nitrogens with one attached hydrogen (secondary N) is 3. The quantitative estimate of drug-likeness (QED) is 0.484. The lowest BCUT2D eigenvalue weighted by Gasteiger charge is -2.10. The van der Waals surface area contributed by atoms with Crippen molar-refractivity contribution in [1.29, 1.82) is 0 Å². The summed E-state index contributed by atoms with van der Waals surface area (Å²) in [5, 5.41) is 9.32. The second-order valence-corrected chi connectivity index (χ2v) is 6.85. The molecule has 0 bridgehead atoms. The van der Waals surface area contributed by atoms with Crippen LogP contribution in [0.2, 0.25) is 0 Å². The van der Waals surface area contributed by atoms with Crippen molar-refractivity contribution in [3.05, 3.63) is 65.9 Å². The number of methoxy groups -OCH3 is 1. The third-order valence-corrected chi connectivity index (χ3v) is 4.43. The molecule has 1 amide bonds. The Hall–Kier alpha value is -3.61. The van der Waals surface area contributed by atoms with Crippen LogP contribution in [-0.2, 0) is 11.2 Å². The van der Waals surface area contributed by atoms with Crippen LogP contribution in [0.4, 0.5) is 23.1 Å². The largest absolute Gasteiger partial charge is 0.497 e. The van der Waals surface area contributed by atoms with Crippen molar-refractivity contribution in [1.82, 2.24) is 9.97 Å². The predicted octanol–water partition coefficient (Wildman–Crippen LogP) is 4.54. The number of anilines is 4. The van der Waals surface area contributed by atoms with Gasteiger partial charge in [0.2, 0.25) is 11.9 Å². The molecule has 3 aromatic rings. The number of amides is 1. The van der Waals surface area contributed by atoms with Gasteiger partial charge in [-0.25, -0.2) is 4.98 Å². The predicted molar refractivity (Wildman–Crippen MR) is 121 cm³/mol. The molecule has 3 rings (SSSR count). The third-order valence-electron chi connectivity index (χ3n) is 4.43. The fourth-order valence-electron chi connectivity index (χ4n) is 2.93. The minimum absolute atomic E-state index is 0.0202. The van der Waals surface area contributed by atoms with Gasteiger partial charge in [-0.15, -0.1) is 0 Å². The second-order valence-electron chi connectivity index (χ2n) is 6.85. The highest BCUT2D eigenvalue weighted by molar-refractivity contribution is 5.91. The molecule has 0 aliphatic rings. The zero-order valence-electron chi connectivity index (χ0n) is 17.5. The minimum Gasteiger partial charge on any atom is -0.497 e. The number of benzene rings is 2. The first kappa shape index (κ1) is 21.1. The SMILES string of the molecule is CCNc1nc(C)cc(Nc2ccc(NC(=O)CCc3ccc(OC)cc3)cc2)n1. The van der Waals surface area contributed by atoms with Crippen molar-refractivity contribution in [2.75, 3.05) is 29.6 Å². The lowest BCUT2D eigenvalue weighted by atomic mass is 10.1. The molecular weight excluding hydrogens is 378 g/mol. The molecule has 156 valence electrons. The highest BCUT2D eigenvalue weighted by Crippen LogP contribution is 2.19. The lowest BCUT2D eigenvalue weighted by molar-refractivity contribution is -0.116. The smallest absolute Gasteiger partial charge is 0.224 e. The fourth-order valence-corrected chi connectivity index (χ4v) is 2.93. The maximum Gasteiger partial charge on any atom is 0.224 e. The van der Waals surface area contributed by atoms with E-state index in [9.17, 15) is 4.79 Å². The molecular formula is C23H27N5O2. The number of carbonyl (C=O) groups is 1. The van der Waals surface area contributed by atoms with Crippen molar-refractivity contribution in [2.45, 2.75) is 26.7 Å². The molecule has 0 fully saturated rings. The average Bonchev–Trinajstić information content (AvgIpc) is 2.74. The van der Waals surface area contributed by atoms with E-state index in [2.05, 4.69) is 25.9 Å². The molecule has 1 heterocycles. The van der Waals surface area contributed by atoms with Crippen molar-refractivity contribution >= 4 is 29.0 Å². The summed E-state index contributed by atoms with van der Waals surface area (Å²) in [6, 6.07) is 17.2. The first-order valence-electron chi connectivity index (χ1n) is 9.95. The van der Waals surface area contributed by atoms with E-state index in [-0.39, 0.29) is 5.91 Å². The van der Waals surface area contributed by atoms with Crippen LogP contribution in [0.15, 0.2) is 54.6 Å². The minimum atomic E-state index is -0.0202. The van der Waals surface area contributed by atoms with Gasteiger partial charge < -0.3 is 20.7 Å². The monoisotopic (exact) mass is 405 g/mol. The second kappa shape index (κ2) is 10.2. The highest BCUT2D eigenvalue weighted by Gasteiger charge is 2.05. The molecule has 0 aliphatic carbocycles. The van der Waals surface area contributed by atoms with Crippen molar-refractivity contribution < 1.29 is 9.53 Å². The van der Waals surface area contributed by atoms with Gasteiger partial charge in [0.15, 0.2) is 0 Å². The summed E-state index contributed by atoms with van der Waals surface area (Å²) in [7, 11) is 1.64. The highest BCUT2D eigenvalue weighted by atomic mass is 16.5. The summed E-state index contributed by atoms with van der Waals surface area (Å²) >= 11 is 0. The lowest BCUT2D eigenvalue weighted by Crippen LogP contribution is -2.12. The maximum absolute atomic E-state index is 12.2. The summed E-state index contributed by atoms with van der Waals surface area (Å²) in [5.41, 5.74) is 3.62. The third kappa shape index (κ3) is 6.20. The van der Waals surface area contributed by atoms with Gasteiger partial charge in [-0.3, -0.25) is 4.79 Å². The van der Waals surface area contributed by atoms with E-state index in [1.807, 2.05) is 68.4 Å². The molecule has 0 saturated carbocycles. The number of carbonyl (C=O) groups excluding carboxylic acids is 1. The molecule has 3 N–H and O–H groups in total. The fraction of sp³-hybridized carbons (Fsp3) is 0.261. The molecule has 0 radical (unpaired) electrons. The van der Waals surface area contributed by atoms with E-state index >= 15 is 0 Å². The Kier molecular flexibility index (Phi) is 7.21. The molecule has 0 saturated heterocycles. The van der Waals surface area contributed by atoms with Crippen LogP contribution in [-0.4, -0.2) is 29.5 Å². The van der Waals surface area contributed by atoms with Crippen LogP contribution in [0.1, 0.15) is 24.6 Å². The van der Waals surface area contributed by atoms with Gasteiger partial charge in [-0.2, -0.15) is 4.98 Å². The Bertz CT molecular complexity index is 972. The average molecular weight is 406 g/mol. The van der Waals surface area contributed by atoms with Crippen LogP contribution in [0.5, 0.6) is 5.75 Å². The Morgan fingerprint density at radius 2 is 1.70 bits per heavy atom. The first-order chi connectivity index (χ1) is 14.6. The van der Waals surface area contributed by atoms with E-state index < -0.39 is 0 Å². The number of hydrogen-bond donors (Lipinski definition) is 3. The van der Waals surface area contributed by atoms with Crippen LogP contribution >= 0.6 is 0 Å². The van der Waals surface area contributed by atoms with Gasteiger partial charge in [-0.1, -0.05) is 12.1 Å². The van der Waals surface area contributed by atoms with E-state index in [1.165, 1.54) is 0 Å².